The number of aliphatic hydroxyl groups excluding tert-OH is 2. The normalized spacial score (nSPS) is 12.9. The van der Waals surface area contributed by atoms with Crippen LogP contribution in [-0.2, 0) is 14.3 Å². The van der Waals surface area contributed by atoms with Crippen molar-refractivity contribution in [1.29, 1.82) is 0 Å². The maximum atomic E-state index is 12.4. The highest BCUT2D eigenvalue weighted by atomic mass is 16.5. The van der Waals surface area contributed by atoms with Crippen molar-refractivity contribution in [2.45, 2.75) is 296 Å². The molecule has 0 aromatic rings. The molecule has 0 aromatic carbocycles. The van der Waals surface area contributed by atoms with Crippen molar-refractivity contribution in [3.63, 3.8) is 0 Å². The van der Waals surface area contributed by atoms with E-state index in [4.69, 9.17) is 4.74 Å². The first-order chi connectivity index (χ1) is 30.5. The fraction of sp³-hybridized carbons (Fsp3) is 0.857. The lowest BCUT2D eigenvalue weighted by Crippen LogP contribution is -2.45. The summed E-state index contributed by atoms with van der Waals surface area (Å²) in [6.07, 6.45) is 63.0. The van der Waals surface area contributed by atoms with Crippen LogP contribution in [0.3, 0.4) is 0 Å². The van der Waals surface area contributed by atoms with Gasteiger partial charge in [-0.2, -0.15) is 0 Å². The lowest BCUT2D eigenvalue weighted by atomic mass is 10.0. The number of allylic oxidation sites excluding steroid dienone is 5. The molecule has 1 amide bonds. The number of amides is 1. The van der Waals surface area contributed by atoms with E-state index in [9.17, 15) is 19.8 Å². The third kappa shape index (κ3) is 47.6. The Morgan fingerprint density at radius 1 is 0.435 bits per heavy atom. The molecule has 0 bridgehead atoms. The maximum absolute atomic E-state index is 12.4. The topological polar surface area (TPSA) is 95.9 Å². The van der Waals surface area contributed by atoms with Crippen molar-refractivity contribution in [1.82, 2.24) is 5.32 Å². The van der Waals surface area contributed by atoms with E-state index in [0.717, 1.165) is 83.5 Å². The molecule has 0 aliphatic carbocycles. The summed E-state index contributed by atoms with van der Waals surface area (Å²) in [5, 5.41) is 23.0. The van der Waals surface area contributed by atoms with Crippen LogP contribution in [0.4, 0.5) is 0 Å². The minimum Gasteiger partial charge on any atom is -0.466 e. The SMILES string of the molecule is CCCCCCCC/C=C\CCCCCCCCCCCC(=O)OCCCC/C=C\CCCCCCCC(=O)NC(CO)C(O)/C=C/CCCCCCCCCCCCCCC. The van der Waals surface area contributed by atoms with E-state index in [1.807, 2.05) is 6.08 Å². The average Bonchev–Trinajstić information content (AvgIpc) is 3.27. The van der Waals surface area contributed by atoms with Gasteiger partial charge >= 0.3 is 5.97 Å². The Kier molecular flexibility index (Phi) is 50.1. The Bertz CT molecular complexity index is 1010. The van der Waals surface area contributed by atoms with Gasteiger partial charge in [0, 0.05) is 12.8 Å². The van der Waals surface area contributed by atoms with Gasteiger partial charge in [-0.05, 0) is 83.5 Å². The summed E-state index contributed by atoms with van der Waals surface area (Å²) in [5.74, 6) is -0.131. The van der Waals surface area contributed by atoms with Crippen LogP contribution in [0.15, 0.2) is 36.5 Å². The van der Waals surface area contributed by atoms with E-state index < -0.39 is 12.1 Å². The first-order valence-corrected chi connectivity index (χ1v) is 27.3. The van der Waals surface area contributed by atoms with E-state index in [0.29, 0.717) is 19.4 Å². The number of rotatable bonds is 50. The monoisotopic (exact) mass is 872 g/mol. The van der Waals surface area contributed by atoms with Crippen molar-refractivity contribution in [3.8, 4) is 0 Å². The zero-order chi connectivity index (χ0) is 45.1. The standard InChI is InChI=1S/C56H105NO5/c1-3-5-7-9-11-13-15-17-19-20-21-22-24-26-30-34-38-42-46-50-56(61)62-51-47-43-39-35-31-27-29-33-37-41-45-49-55(60)57-53(52-58)54(59)48-44-40-36-32-28-25-23-18-16-14-12-10-8-6-4-2/h17,19,31,35,44,48,53-54,58-59H,3-16,18,20-30,32-34,36-43,45-47,49-52H2,1-2H3,(H,57,60)/b19-17-,35-31-,48-44+. The van der Waals surface area contributed by atoms with Gasteiger partial charge in [-0.3, -0.25) is 9.59 Å². The van der Waals surface area contributed by atoms with Crippen molar-refractivity contribution in [2.75, 3.05) is 13.2 Å². The zero-order valence-electron chi connectivity index (χ0n) is 41.4. The Morgan fingerprint density at radius 3 is 1.15 bits per heavy atom. The molecule has 3 N–H and O–H groups in total. The number of hydrogen-bond acceptors (Lipinski definition) is 5. The molecule has 0 aliphatic rings. The molecule has 62 heavy (non-hydrogen) atoms. The van der Waals surface area contributed by atoms with Gasteiger partial charge in [-0.1, -0.05) is 224 Å². The number of unbranched alkanes of at least 4 members (excludes halogenated alkanes) is 35. The van der Waals surface area contributed by atoms with Gasteiger partial charge in [0.05, 0.1) is 25.4 Å². The molecule has 0 spiro atoms. The van der Waals surface area contributed by atoms with Crippen LogP contribution in [0.25, 0.3) is 0 Å². The summed E-state index contributed by atoms with van der Waals surface area (Å²) in [7, 11) is 0. The average molecular weight is 872 g/mol. The molecular formula is C56H105NO5. The van der Waals surface area contributed by atoms with E-state index in [2.05, 4.69) is 43.5 Å². The molecule has 6 nitrogen and oxygen atoms in total. The van der Waals surface area contributed by atoms with Gasteiger partial charge in [0.25, 0.3) is 0 Å². The number of ether oxygens (including phenoxy) is 1. The summed E-state index contributed by atoms with van der Waals surface area (Å²) in [6, 6.07) is -0.649. The smallest absolute Gasteiger partial charge is 0.305 e. The molecule has 364 valence electrons. The molecule has 0 saturated heterocycles. The minimum absolute atomic E-state index is 0.0338. The lowest BCUT2D eigenvalue weighted by molar-refractivity contribution is -0.143. The van der Waals surface area contributed by atoms with Gasteiger partial charge in [0.1, 0.15) is 0 Å². The second-order valence-corrected chi connectivity index (χ2v) is 18.5. The Morgan fingerprint density at radius 2 is 0.758 bits per heavy atom. The quantitative estimate of drug-likeness (QED) is 0.0321. The number of nitrogens with one attached hydrogen (secondary N) is 1. The summed E-state index contributed by atoms with van der Waals surface area (Å²) >= 11 is 0. The molecule has 0 aliphatic heterocycles. The number of esters is 1. The molecule has 0 saturated carbocycles. The minimum atomic E-state index is -0.863. The van der Waals surface area contributed by atoms with Gasteiger partial charge in [0.15, 0.2) is 0 Å². The summed E-state index contributed by atoms with van der Waals surface area (Å²) in [4.78, 5) is 24.5. The van der Waals surface area contributed by atoms with E-state index in [-0.39, 0.29) is 18.5 Å². The van der Waals surface area contributed by atoms with Gasteiger partial charge in [0.2, 0.25) is 5.91 Å². The molecule has 6 heteroatoms. The van der Waals surface area contributed by atoms with E-state index >= 15 is 0 Å². The van der Waals surface area contributed by atoms with Crippen molar-refractivity contribution in [3.05, 3.63) is 36.5 Å². The third-order valence-corrected chi connectivity index (χ3v) is 12.4. The van der Waals surface area contributed by atoms with E-state index in [1.165, 1.54) is 173 Å². The number of carbonyl (C=O) groups is 2. The molecule has 2 atom stereocenters. The van der Waals surface area contributed by atoms with Crippen LogP contribution < -0.4 is 5.32 Å². The predicted octanol–water partition coefficient (Wildman–Crippen LogP) is 16.5. The second kappa shape index (κ2) is 51.7. The van der Waals surface area contributed by atoms with Crippen LogP contribution in [-0.4, -0.2) is 47.4 Å². The highest BCUT2D eigenvalue weighted by molar-refractivity contribution is 5.76. The Hall–Kier alpha value is -1.92. The highest BCUT2D eigenvalue weighted by Gasteiger charge is 2.18. The van der Waals surface area contributed by atoms with Gasteiger partial charge in [-0.15, -0.1) is 0 Å². The molecule has 0 aromatic heterocycles. The Labute approximate surface area is 385 Å². The van der Waals surface area contributed by atoms with Crippen LogP contribution >= 0.6 is 0 Å². The van der Waals surface area contributed by atoms with Crippen molar-refractivity contribution < 1.29 is 24.5 Å². The molecule has 0 fully saturated rings. The highest BCUT2D eigenvalue weighted by Crippen LogP contribution is 2.15. The van der Waals surface area contributed by atoms with Crippen molar-refractivity contribution >= 4 is 11.9 Å². The first-order valence-electron chi connectivity index (χ1n) is 27.3. The van der Waals surface area contributed by atoms with Crippen LogP contribution in [0.1, 0.15) is 284 Å². The molecule has 0 rings (SSSR count). The van der Waals surface area contributed by atoms with Gasteiger partial charge in [-0.25, -0.2) is 0 Å². The lowest BCUT2D eigenvalue weighted by Gasteiger charge is -2.20. The first kappa shape index (κ1) is 60.1. The molecule has 0 heterocycles. The summed E-state index contributed by atoms with van der Waals surface area (Å²) in [5.41, 5.74) is 0. The summed E-state index contributed by atoms with van der Waals surface area (Å²) < 4.78 is 5.45. The number of hydrogen-bond donors (Lipinski definition) is 3. The fourth-order valence-corrected chi connectivity index (χ4v) is 8.15. The molecular weight excluding hydrogens is 767 g/mol. The zero-order valence-corrected chi connectivity index (χ0v) is 41.4. The summed E-state index contributed by atoms with van der Waals surface area (Å²) in [6.45, 7) is 4.82. The van der Waals surface area contributed by atoms with E-state index in [1.54, 1.807) is 6.08 Å². The molecule has 2 unspecified atom stereocenters. The maximum Gasteiger partial charge on any atom is 0.305 e. The fourth-order valence-electron chi connectivity index (χ4n) is 8.15. The van der Waals surface area contributed by atoms with Crippen molar-refractivity contribution in [2.24, 2.45) is 0 Å². The second-order valence-electron chi connectivity index (χ2n) is 18.5. The predicted molar refractivity (Wildman–Crippen MR) is 269 cm³/mol. The number of aliphatic hydroxyl groups is 2. The van der Waals surface area contributed by atoms with Crippen LogP contribution in [0.2, 0.25) is 0 Å². The van der Waals surface area contributed by atoms with Gasteiger partial charge < -0.3 is 20.3 Å². The number of carbonyl (C=O) groups excluding carboxylic acids is 2. The van der Waals surface area contributed by atoms with Crippen LogP contribution in [0.5, 0.6) is 0 Å². The largest absolute Gasteiger partial charge is 0.466 e. The van der Waals surface area contributed by atoms with Crippen LogP contribution in [0, 0.1) is 0 Å². The third-order valence-electron chi connectivity index (χ3n) is 12.4. The Balaban J connectivity index is 3.53. The molecule has 0 radical (unpaired) electrons.